The lowest BCUT2D eigenvalue weighted by atomic mass is 10.1. The zero-order valence-electron chi connectivity index (χ0n) is 17.0. The van der Waals surface area contributed by atoms with Crippen molar-refractivity contribution < 1.29 is 9.59 Å². The van der Waals surface area contributed by atoms with Crippen molar-refractivity contribution >= 4 is 11.8 Å². The molecule has 1 aliphatic carbocycles. The molecule has 158 valence electrons. The van der Waals surface area contributed by atoms with Crippen LogP contribution in [-0.2, 0) is 11.3 Å². The maximum Gasteiger partial charge on any atom is 0.253 e. The van der Waals surface area contributed by atoms with Crippen LogP contribution in [-0.4, -0.2) is 57.1 Å². The van der Waals surface area contributed by atoms with Crippen molar-refractivity contribution in [3.63, 3.8) is 0 Å². The second-order valence-electron chi connectivity index (χ2n) is 8.17. The smallest absolute Gasteiger partial charge is 0.253 e. The minimum atomic E-state index is -0.132. The fourth-order valence-electron chi connectivity index (χ4n) is 4.07. The van der Waals surface area contributed by atoms with Gasteiger partial charge in [0.1, 0.15) is 0 Å². The van der Waals surface area contributed by atoms with E-state index in [0.29, 0.717) is 25.1 Å². The maximum absolute atomic E-state index is 12.5. The monoisotopic (exact) mass is 408 g/mol. The van der Waals surface area contributed by atoms with Crippen molar-refractivity contribution in [2.24, 2.45) is 5.92 Å². The van der Waals surface area contributed by atoms with Gasteiger partial charge in [0, 0.05) is 37.8 Å². The Bertz CT molecular complexity index is 843. The Morgan fingerprint density at radius 1 is 1.00 bits per heavy atom. The predicted molar refractivity (Wildman–Crippen MR) is 111 cm³/mol. The number of likely N-dealkylation sites (tertiary alicyclic amines) is 1. The van der Waals surface area contributed by atoms with Gasteiger partial charge in [-0.15, -0.1) is 0 Å². The van der Waals surface area contributed by atoms with Crippen molar-refractivity contribution in [3.8, 4) is 0 Å². The summed E-state index contributed by atoms with van der Waals surface area (Å²) in [5, 5.41) is 13.5. The third-order valence-electron chi connectivity index (χ3n) is 5.90. The second kappa shape index (κ2) is 9.75. The van der Waals surface area contributed by atoms with E-state index in [-0.39, 0.29) is 23.9 Å². The number of aromatic nitrogens is 3. The number of rotatable bonds is 9. The first-order chi connectivity index (χ1) is 14.7. The van der Waals surface area contributed by atoms with Gasteiger partial charge >= 0.3 is 0 Å². The van der Waals surface area contributed by atoms with Crippen molar-refractivity contribution in [1.29, 1.82) is 0 Å². The molecule has 0 spiro atoms. The SMILES string of the molecule is O=C(C[C@H]1CC[C@@H](CNC(=O)c2ccnnc2)N1CC1CC1)NCc1ccccn1. The first-order valence-corrected chi connectivity index (χ1v) is 10.7. The largest absolute Gasteiger partial charge is 0.350 e. The van der Waals surface area contributed by atoms with Crippen LogP contribution in [0.1, 0.15) is 48.2 Å². The Kier molecular flexibility index (Phi) is 6.63. The van der Waals surface area contributed by atoms with Crippen LogP contribution in [0, 0.1) is 5.92 Å². The van der Waals surface area contributed by atoms with Gasteiger partial charge in [0.2, 0.25) is 5.91 Å². The Labute approximate surface area is 176 Å². The van der Waals surface area contributed by atoms with E-state index < -0.39 is 0 Å². The van der Waals surface area contributed by atoms with Crippen LogP contribution >= 0.6 is 0 Å². The zero-order chi connectivity index (χ0) is 20.8. The van der Waals surface area contributed by atoms with Gasteiger partial charge in [-0.1, -0.05) is 6.07 Å². The molecule has 4 rings (SSSR count). The number of nitrogens with one attached hydrogen (secondary N) is 2. The van der Waals surface area contributed by atoms with Gasteiger partial charge in [-0.3, -0.25) is 19.5 Å². The average Bonchev–Trinajstić information content (AvgIpc) is 3.53. The Hall–Kier alpha value is -2.87. The number of hydrogen-bond donors (Lipinski definition) is 2. The molecule has 2 N–H and O–H groups in total. The van der Waals surface area contributed by atoms with Crippen LogP contribution in [0.15, 0.2) is 42.9 Å². The summed E-state index contributed by atoms with van der Waals surface area (Å²) in [7, 11) is 0. The first-order valence-electron chi connectivity index (χ1n) is 10.7. The molecule has 2 fully saturated rings. The molecule has 8 heteroatoms. The molecule has 2 aliphatic rings. The van der Waals surface area contributed by atoms with Gasteiger partial charge in [-0.05, 0) is 49.8 Å². The molecule has 0 bridgehead atoms. The van der Waals surface area contributed by atoms with Crippen LogP contribution in [0.25, 0.3) is 0 Å². The van der Waals surface area contributed by atoms with Crippen LogP contribution in [0.3, 0.4) is 0 Å². The summed E-state index contributed by atoms with van der Waals surface area (Å²) < 4.78 is 0. The highest BCUT2D eigenvalue weighted by Gasteiger charge is 2.38. The molecule has 0 unspecified atom stereocenters. The number of pyridine rings is 1. The molecule has 3 heterocycles. The van der Waals surface area contributed by atoms with E-state index in [4.69, 9.17) is 0 Å². The van der Waals surface area contributed by atoms with E-state index in [2.05, 4.69) is 30.7 Å². The molecule has 1 saturated heterocycles. The summed E-state index contributed by atoms with van der Waals surface area (Å²) in [6.07, 6.45) is 9.69. The van der Waals surface area contributed by atoms with Crippen LogP contribution < -0.4 is 10.6 Å². The molecule has 2 aromatic rings. The average molecular weight is 409 g/mol. The molecule has 2 amide bonds. The molecule has 30 heavy (non-hydrogen) atoms. The normalized spacial score (nSPS) is 21.3. The summed E-state index contributed by atoms with van der Waals surface area (Å²) in [4.78, 5) is 31.6. The third-order valence-corrected chi connectivity index (χ3v) is 5.90. The predicted octanol–water partition coefficient (Wildman–Crippen LogP) is 1.55. The molecule has 0 aromatic carbocycles. The molecule has 1 aliphatic heterocycles. The minimum Gasteiger partial charge on any atom is -0.350 e. The van der Waals surface area contributed by atoms with E-state index in [1.807, 2.05) is 18.2 Å². The lowest BCUT2D eigenvalue weighted by Crippen LogP contribution is -2.45. The summed E-state index contributed by atoms with van der Waals surface area (Å²) in [6.45, 7) is 2.05. The Balaban J connectivity index is 1.29. The molecule has 0 radical (unpaired) electrons. The number of hydrogen-bond acceptors (Lipinski definition) is 6. The van der Waals surface area contributed by atoms with Gasteiger partial charge in [0.15, 0.2) is 0 Å². The van der Waals surface area contributed by atoms with E-state index >= 15 is 0 Å². The van der Waals surface area contributed by atoms with Gasteiger partial charge in [-0.25, -0.2) is 0 Å². The lowest BCUT2D eigenvalue weighted by Gasteiger charge is -2.30. The molecule has 1 saturated carbocycles. The molecular weight excluding hydrogens is 380 g/mol. The summed E-state index contributed by atoms with van der Waals surface area (Å²) in [5.41, 5.74) is 1.38. The van der Waals surface area contributed by atoms with Crippen molar-refractivity contribution in [1.82, 2.24) is 30.7 Å². The molecular formula is C22H28N6O2. The quantitative estimate of drug-likeness (QED) is 0.653. The lowest BCUT2D eigenvalue weighted by molar-refractivity contribution is -0.122. The van der Waals surface area contributed by atoms with Gasteiger partial charge in [0.25, 0.3) is 5.91 Å². The highest BCUT2D eigenvalue weighted by Crippen LogP contribution is 2.35. The van der Waals surface area contributed by atoms with Crippen molar-refractivity contribution in [2.45, 2.75) is 50.7 Å². The fraction of sp³-hybridized carbons (Fsp3) is 0.500. The first kappa shape index (κ1) is 20.4. The summed E-state index contributed by atoms with van der Waals surface area (Å²) in [5.74, 6) is 0.650. The van der Waals surface area contributed by atoms with Gasteiger partial charge < -0.3 is 10.6 Å². The number of nitrogens with zero attached hydrogens (tertiary/aromatic N) is 4. The summed E-state index contributed by atoms with van der Waals surface area (Å²) >= 11 is 0. The van der Waals surface area contributed by atoms with Crippen LogP contribution in [0.4, 0.5) is 0 Å². The van der Waals surface area contributed by atoms with Crippen molar-refractivity contribution in [2.75, 3.05) is 13.1 Å². The van der Waals surface area contributed by atoms with Crippen LogP contribution in [0.2, 0.25) is 0 Å². The third kappa shape index (κ3) is 5.60. The fourth-order valence-corrected chi connectivity index (χ4v) is 4.07. The summed E-state index contributed by atoms with van der Waals surface area (Å²) in [6, 6.07) is 7.84. The highest BCUT2D eigenvalue weighted by atomic mass is 16.2. The topological polar surface area (TPSA) is 100 Å². The Morgan fingerprint density at radius 3 is 2.60 bits per heavy atom. The number of amides is 2. The molecule has 2 atom stereocenters. The van der Waals surface area contributed by atoms with Gasteiger partial charge in [-0.2, -0.15) is 10.2 Å². The zero-order valence-corrected chi connectivity index (χ0v) is 17.0. The standard InChI is InChI=1S/C22H28N6O2/c29-21(24-13-18-3-1-2-9-23-18)11-19-6-7-20(28(19)15-16-4-5-16)14-25-22(30)17-8-10-26-27-12-17/h1-3,8-10,12,16,19-20H,4-7,11,13-15H2,(H,24,29)(H,25,30)/t19-,20+/m1/s1. The maximum atomic E-state index is 12.5. The highest BCUT2D eigenvalue weighted by molar-refractivity contribution is 5.93. The van der Waals surface area contributed by atoms with E-state index in [1.165, 1.54) is 25.2 Å². The van der Waals surface area contributed by atoms with E-state index in [0.717, 1.165) is 31.0 Å². The number of carbonyl (C=O) groups is 2. The number of carbonyl (C=O) groups excluding carboxylic acids is 2. The Morgan fingerprint density at radius 2 is 1.87 bits per heavy atom. The molecule has 2 aromatic heterocycles. The molecule has 8 nitrogen and oxygen atoms in total. The van der Waals surface area contributed by atoms with E-state index in [9.17, 15) is 9.59 Å². The minimum absolute atomic E-state index is 0.0546. The van der Waals surface area contributed by atoms with Crippen LogP contribution in [0.5, 0.6) is 0 Å². The second-order valence-corrected chi connectivity index (χ2v) is 8.17. The van der Waals surface area contributed by atoms with E-state index in [1.54, 1.807) is 12.3 Å². The van der Waals surface area contributed by atoms with Gasteiger partial charge in [0.05, 0.1) is 30.2 Å². The van der Waals surface area contributed by atoms with Crippen molar-refractivity contribution in [3.05, 3.63) is 54.1 Å².